The van der Waals surface area contributed by atoms with E-state index in [1.54, 1.807) is 31.3 Å². The highest BCUT2D eigenvalue weighted by Gasteiger charge is 2.32. The topological polar surface area (TPSA) is 72.9 Å². The first-order valence-corrected chi connectivity index (χ1v) is 10.3. The minimum Gasteiger partial charge on any atom is -0.392 e. The van der Waals surface area contributed by atoms with Gasteiger partial charge in [0.15, 0.2) is 0 Å². The summed E-state index contributed by atoms with van der Waals surface area (Å²) in [6.07, 6.45) is -3.93. The molecule has 1 fully saturated rings. The summed E-state index contributed by atoms with van der Waals surface area (Å²) in [5.74, 6) is -0.352. The predicted octanol–water partition coefficient (Wildman–Crippen LogP) is 3.08. The number of halogens is 3. The minimum atomic E-state index is -4.48. The Bertz CT molecular complexity index is 951. The summed E-state index contributed by atoms with van der Waals surface area (Å²) < 4.78 is 39.1. The van der Waals surface area contributed by atoms with E-state index in [9.17, 15) is 27.9 Å². The Labute approximate surface area is 184 Å². The molecule has 1 saturated heterocycles. The van der Waals surface area contributed by atoms with Gasteiger partial charge in [-0.2, -0.15) is 13.2 Å². The molecule has 1 heterocycles. The lowest BCUT2D eigenvalue weighted by Gasteiger charge is -2.33. The summed E-state index contributed by atoms with van der Waals surface area (Å²) in [5.41, 5.74) is 0.728. The minimum absolute atomic E-state index is 0.192. The number of aliphatic hydroxyl groups is 1. The summed E-state index contributed by atoms with van der Waals surface area (Å²) in [5, 5.41) is 12.5. The largest absolute Gasteiger partial charge is 0.416 e. The van der Waals surface area contributed by atoms with Crippen LogP contribution in [0, 0.1) is 0 Å². The number of amides is 2. The second kappa shape index (κ2) is 10.1. The van der Waals surface area contributed by atoms with E-state index in [1.807, 2.05) is 4.90 Å². The Morgan fingerprint density at radius 2 is 2.03 bits per heavy atom. The number of nitrogens with one attached hydrogen (secondary N) is 1. The fourth-order valence-electron chi connectivity index (χ4n) is 3.97. The Morgan fingerprint density at radius 3 is 2.69 bits per heavy atom. The van der Waals surface area contributed by atoms with Crippen LogP contribution in [0.4, 0.5) is 18.9 Å². The lowest BCUT2D eigenvalue weighted by atomic mass is 10.0. The zero-order chi connectivity index (χ0) is 23.3. The van der Waals surface area contributed by atoms with Crippen molar-refractivity contribution in [2.45, 2.75) is 31.2 Å². The van der Waals surface area contributed by atoms with Crippen molar-refractivity contribution in [1.29, 1.82) is 0 Å². The van der Waals surface area contributed by atoms with Crippen LogP contribution in [-0.4, -0.2) is 60.0 Å². The van der Waals surface area contributed by atoms with Gasteiger partial charge in [-0.25, -0.2) is 0 Å². The molecule has 6 nitrogen and oxygen atoms in total. The zero-order valence-corrected chi connectivity index (χ0v) is 17.7. The van der Waals surface area contributed by atoms with Crippen LogP contribution in [0.15, 0.2) is 48.5 Å². The van der Waals surface area contributed by atoms with Crippen molar-refractivity contribution >= 4 is 18.0 Å². The van der Waals surface area contributed by atoms with E-state index < -0.39 is 23.9 Å². The first-order valence-electron chi connectivity index (χ1n) is 10.3. The number of hydrogen-bond donors (Lipinski definition) is 2. The number of likely N-dealkylation sites (N-methyl/N-ethyl adjacent to an activating group) is 1. The first kappa shape index (κ1) is 23.7. The highest BCUT2D eigenvalue weighted by molar-refractivity contribution is 5.80. The van der Waals surface area contributed by atoms with Crippen LogP contribution in [0.2, 0.25) is 0 Å². The molecule has 0 bridgehead atoms. The van der Waals surface area contributed by atoms with E-state index in [0.29, 0.717) is 43.7 Å². The number of para-hydroxylation sites is 1. The molecule has 172 valence electrons. The standard InChI is InChI=1S/C23H26F3N3O3/c1-28(22(32)12-16-5-4-6-17(11-16)23(24,25)26)21(14-29-10-9-18(31)13-29)19-7-2-3-8-20(19)27-15-30/h2-8,11,15,18,21,31H,9-10,12-14H2,1H3,(H,27,30). The number of anilines is 1. The number of hydrogen-bond acceptors (Lipinski definition) is 4. The van der Waals surface area contributed by atoms with E-state index in [-0.39, 0.29) is 17.9 Å². The second-order valence-electron chi connectivity index (χ2n) is 7.95. The SMILES string of the molecule is CN(C(=O)Cc1cccc(C(F)(F)F)c1)C(CN1CCC(O)C1)c1ccccc1NC=O. The molecular formula is C23H26F3N3O3. The third-order valence-corrected chi connectivity index (χ3v) is 5.68. The average molecular weight is 449 g/mol. The van der Waals surface area contributed by atoms with Crippen molar-refractivity contribution < 1.29 is 27.9 Å². The van der Waals surface area contributed by atoms with Gasteiger partial charge >= 0.3 is 6.18 Å². The van der Waals surface area contributed by atoms with Crippen LogP contribution in [0.5, 0.6) is 0 Å². The molecule has 9 heteroatoms. The van der Waals surface area contributed by atoms with Crippen LogP contribution in [0.25, 0.3) is 0 Å². The molecule has 32 heavy (non-hydrogen) atoms. The van der Waals surface area contributed by atoms with Crippen molar-refractivity contribution in [2.24, 2.45) is 0 Å². The third-order valence-electron chi connectivity index (χ3n) is 5.68. The van der Waals surface area contributed by atoms with Gasteiger partial charge in [-0.3, -0.25) is 14.5 Å². The zero-order valence-electron chi connectivity index (χ0n) is 17.7. The lowest BCUT2D eigenvalue weighted by molar-refractivity contribution is -0.138. The maximum atomic E-state index is 13.1. The van der Waals surface area contributed by atoms with E-state index in [1.165, 1.54) is 17.0 Å². The number of β-amino-alcohol motifs (C(OH)–C–C–N with tert-alkyl or cyclic N) is 1. The smallest absolute Gasteiger partial charge is 0.392 e. The van der Waals surface area contributed by atoms with Gasteiger partial charge < -0.3 is 15.3 Å². The van der Waals surface area contributed by atoms with Gasteiger partial charge in [-0.05, 0) is 29.7 Å². The van der Waals surface area contributed by atoms with Gasteiger partial charge in [0.2, 0.25) is 12.3 Å². The summed E-state index contributed by atoms with van der Waals surface area (Å²) in [4.78, 5) is 27.7. The Hall–Kier alpha value is -2.91. The fraction of sp³-hybridized carbons (Fsp3) is 0.391. The fourth-order valence-corrected chi connectivity index (χ4v) is 3.97. The van der Waals surface area contributed by atoms with Crippen LogP contribution < -0.4 is 5.32 Å². The van der Waals surface area contributed by atoms with Crippen LogP contribution in [0.1, 0.15) is 29.2 Å². The lowest BCUT2D eigenvalue weighted by Crippen LogP contribution is -2.40. The molecule has 1 aliphatic rings. The molecule has 2 N–H and O–H groups in total. The Kier molecular flexibility index (Phi) is 7.52. The molecule has 2 aromatic rings. The summed E-state index contributed by atoms with van der Waals surface area (Å²) >= 11 is 0. The van der Waals surface area contributed by atoms with E-state index in [2.05, 4.69) is 5.32 Å². The Balaban J connectivity index is 1.85. The number of alkyl halides is 3. The summed E-state index contributed by atoms with van der Waals surface area (Å²) in [6.45, 7) is 1.55. The maximum Gasteiger partial charge on any atom is 0.416 e. The predicted molar refractivity (Wildman–Crippen MR) is 114 cm³/mol. The molecule has 0 aromatic heterocycles. The quantitative estimate of drug-likeness (QED) is 0.608. The van der Waals surface area contributed by atoms with Gasteiger partial charge in [-0.15, -0.1) is 0 Å². The van der Waals surface area contributed by atoms with Crippen LogP contribution in [-0.2, 0) is 22.2 Å². The molecule has 0 saturated carbocycles. The van der Waals surface area contributed by atoms with E-state index in [0.717, 1.165) is 12.1 Å². The number of likely N-dealkylation sites (tertiary alicyclic amines) is 1. The van der Waals surface area contributed by atoms with Crippen molar-refractivity contribution in [2.75, 3.05) is 32.0 Å². The normalized spacial score (nSPS) is 17.7. The molecule has 2 amide bonds. The summed E-state index contributed by atoms with van der Waals surface area (Å²) in [7, 11) is 1.60. The number of nitrogens with zero attached hydrogens (tertiary/aromatic N) is 2. The highest BCUT2D eigenvalue weighted by Crippen LogP contribution is 2.31. The van der Waals surface area contributed by atoms with Crippen LogP contribution in [0.3, 0.4) is 0 Å². The summed E-state index contributed by atoms with van der Waals surface area (Å²) in [6, 6.07) is 11.4. The molecular weight excluding hydrogens is 423 g/mol. The highest BCUT2D eigenvalue weighted by atomic mass is 19.4. The molecule has 0 spiro atoms. The molecule has 0 aliphatic carbocycles. The van der Waals surface area contributed by atoms with Crippen molar-refractivity contribution in [3.8, 4) is 0 Å². The Morgan fingerprint density at radius 1 is 1.28 bits per heavy atom. The van der Waals surface area contributed by atoms with Gasteiger partial charge in [0.05, 0.1) is 24.1 Å². The molecule has 2 atom stereocenters. The van der Waals surface area contributed by atoms with Crippen molar-refractivity contribution in [3.05, 3.63) is 65.2 Å². The monoisotopic (exact) mass is 449 g/mol. The number of aliphatic hydroxyl groups excluding tert-OH is 1. The molecule has 1 aliphatic heterocycles. The molecule has 0 radical (unpaired) electrons. The number of rotatable bonds is 8. The maximum absolute atomic E-state index is 13.1. The molecule has 2 aromatic carbocycles. The van der Waals surface area contributed by atoms with Gasteiger partial charge in [-0.1, -0.05) is 36.4 Å². The number of benzene rings is 2. The third kappa shape index (κ3) is 5.86. The number of carbonyl (C=O) groups is 2. The van der Waals surface area contributed by atoms with Gasteiger partial charge in [0, 0.05) is 32.4 Å². The van der Waals surface area contributed by atoms with Crippen molar-refractivity contribution in [3.63, 3.8) is 0 Å². The van der Waals surface area contributed by atoms with Crippen LogP contribution >= 0.6 is 0 Å². The van der Waals surface area contributed by atoms with E-state index >= 15 is 0 Å². The average Bonchev–Trinajstić information content (AvgIpc) is 3.16. The molecule has 2 unspecified atom stereocenters. The van der Waals surface area contributed by atoms with Crippen molar-refractivity contribution in [1.82, 2.24) is 9.80 Å². The first-order chi connectivity index (χ1) is 15.2. The number of carbonyl (C=O) groups excluding carboxylic acids is 2. The van der Waals surface area contributed by atoms with E-state index in [4.69, 9.17) is 0 Å². The van der Waals surface area contributed by atoms with Gasteiger partial charge in [0.1, 0.15) is 0 Å². The van der Waals surface area contributed by atoms with Gasteiger partial charge in [0.25, 0.3) is 0 Å². The second-order valence-corrected chi connectivity index (χ2v) is 7.95. The molecule has 3 rings (SSSR count).